The lowest BCUT2D eigenvalue weighted by Crippen LogP contribution is -2.57. The number of aromatic nitrogens is 1. The van der Waals surface area contributed by atoms with Crippen LogP contribution in [0.15, 0.2) is 24.5 Å². The fraction of sp³-hybridized carbons (Fsp3) is 0.682. The molecule has 1 aliphatic carbocycles. The van der Waals surface area contributed by atoms with Crippen LogP contribution in [0, 0.1) is 5.92 Å². The number of fused-ring (bicyclic) bond motifs is 1. The summed E-state index contributed by atoms with van der Waals surface area (Å²) in [5, 5.41) is 16.0. The minimum absolute atomic E-state index is 0.00798. The first kappa shape index (κ1) is 20.3. The zero-order valence-electron chi connectivity index (χ0n) is 17.0. The van der Waals surface area contributed by atoms with Crippen LogP contribution < -0.4 is 10.6 Å². The van der Waals surface area contributed by atoms with Gasteiger partial charge in [0.15, 0.2) is 0 Å². The van der Waals surface area contributed by atoms with E-state index in [-0.39, 0.29) is 29.9 Å². The average molecular weight is 401 g/mol. The Morgan fingerprint density at radius 3 is 2.83 bits per heavy atom. The number of carbonyl (C=O) groups is 2. The smallest absolute Gasteiger partial charge is 0.240 e. The minimum Gasteiger partial charge on any atom is -0.393 e. The van der Waals surface area contributed by atoms with Crippen molar-refractivity contribution in [1.82, 2.24) is 20.5 Å². The maximum Gasteiger partial charge on any atom is 0.240 e. The Labute approximate surface area is 172 Å². The van der Waals surface area contributed by atoms with Gasteiger partial charge in [0.1, 0.15) is 5.54 Å². The monoisotopic (exact) mass is 400 g/mol. The average Bonchev–Trinajstić information content (AvgIpc) is 3.12. The Morgan fingerprint density at radius 2 is 2.07 bits per heavy atom. The first-order valence-corrected chi connectivity index (χ1v) is 11.0. The van der Waals surface area contributed by atoms with Crippen molar-refractivity contribution in [3.63, 3.8) is 0 Å². The van der Waals surface area contributed by atoms with Gasteiger partial charge in [0, 0.05) is 37.4 Å². The van der Waals surface area contributed by atoms with E-state index in [1.165, 1.54) is 0 Å². The Bertz CT molecular complexity index is 720. The van der Waals surface area contributed by atoms with Gasteiger partial charge in [-0.05, 0) is 69.5 Å². The summed E-state index contributed by atoms with van der Waals surface area (Å²) in [7, 11) is 0. The maximum absolute atomic E-state index is 13.2. The third-order valence-electron chi connectivity index (χ3n) is 6.91. The molecule has 1 aromatic heterocycles. The fourth-order valence-electron chi connectivity index (χ4n) is 5.28. The third-order valence-corrected chi connectivity index (χ3v) is 6.91. The van der Waals surface area contributed by atoms with Crippen molar-refractivity contribution >= 4 is 11.8 Å². The molecule has 1 saturated carbocycles. The highest BCUT2D eigenvalue weighted by Gasteiger charge is 2.52. The summed E-state index contributed by atoms with van der Waals surface area (Å²) in [6.45, 7) is 2.12. The molecule has 3 heterocycles. The van der Waals surface area contributed by atoms with E-state index >= 15 is 0 Å². The van der Waals surface area contributed by atoms with E-state index in [2.05, 4.69) is 20.5 Å². The van der Waals surface area contributed by atoms with E-state index in [1.54, 1.807) is 12.4 Å². The van der Waals surface area contributed by atoms with Crippen molar-refractivity contribution < 1.29 is 14.7 Å². The lowest BCUT2D eigenvalue weighted by molar-refractivity contribution is -0.134. The van der Waals surface area contributed by atoms with E-state index in [1.807, 2.05) is 12.1 Å². The number of nitrogens with zero attached hydrogens (tertiary/aromatic N) is 2. The molecule has 0 radical (unpaired) electrons. The Hall–Kier alpha value is -1.99. The highest BCUT2D eigenvalue weighted by atomic mass is 16.3. The highest BCUT2D eigenvalue weighted by molar-refractivity contribution is 5.87. The molecule has 2 saturated heterocycles. The number of piperidine rings is 1. The normalized spacial score (nSPS) is 32.4. The molecule has 3 fully saturated rings. The number of carbonyl (C=O) groups excluding carboxylic acids is 2. The third kappa shape index (κ3) is 4.46. The van der Waals surface area contributed by atoms with E-state index < -0.39 is 5.54 Å². The molecule has 158 valence electrons. The van der Waals surface area contributed by atoms with Crippen molar-refractivity contribution in [1.29, 1.82) is 0 Å². The zero-order valence-corrected chi connectivity index (χ0v) is 17.0. The van der Waals surface area contributed by atoms with Gasteiger partial charge in [-0.15, -0.1) is 0 Å². The Balaban J connectivity index is 1.38. The number of amides is 2. The predicted molar refractivity (Wildman–Crippen MR) is 109 cm³/mol. The molecular formula is C22H32N4O3. The van der Waals surface area contributed by atoms with E-state index in [0.717, 1.165) is 50.8 Å². The molecular weight excluding hydrogens is 368 g/mol. The summed E-state index contributed by atoms with van der Waals surface area (Å²) in [5.74, 6) is 0.151. The SMILES string of the molecule is O=C(N[C@@H]1CN2CCCC[C@@]2(C(=O)NCc2cccnc2)C1)C1CCC(O)CC1. The second-order valence-corrected chi connectivity index (χ2v) is 8.89. The molecule has 3 N–H and O–H groups in total. The molecule has 0 unspecified atom stereocenters. The molecule has 1 aromatic rings. The van der Waals surface area contributed by atoms with E-state index in [0.29, 0.717) is 25.8 Å². The van der Waals surface area contributed by atoms with E-state index in [9.17, 15) is 14.7 Å². The number of aliphatic hydroxyl groups is 1. The molecule has 0 spiro atoms. The number of hydrogen-bond donors (Lipinski definition) is 3. The van der Waals surface area contributed by atoms with Crippen LogP contribution >= 0.6 is 0 Å². The summed E-state index contributed by atoms with van der Waals surface area (Å²) in [6, 6.07) is 3.84. The summed E-state index contributed by atoms with van der Waals surface area (Å²) in [6.07, 6.45) is 9.80. The first-order valence-electron chi connectivity index (χ1n) is 11.0. The zero-order chi connectivity index (χ0) is 20.3. The van der Waals surface area contributed by atoms with Crippen LogP contribution in [-0.4, -0.2) is 57.6 Å². The van der Waals surface area contributed by atoms with Crippen molar-refractivity contribution in [2.45, 2.75) is 75.6 Å². The van der Waals surface area contributed by atoms with Gasteiger partial charge in [0.25, 0.3) is 0 Å². The largest absolute Gasteiger partial charge is 0.393 e. The molecule has 2 amide bonds. The number of pyridine rings is 1. The second kappa shape index (κ2) is 8.79. The molecule has 2 aliphatic heterocycles. The number of aliphatic hydroxyl groups excluding tert-OH is 1. The van der Waals surface area contributed by atoms with Crippen LogP contribution in [0.4, 0.5) is 0 Å². The standard InChI is InChI=1S/C22H32N4O3/c27-19-7-5-17(6-8-19)20(28)25-18-12-22(9-1-2-11-26(22)15-18)21(29)24-14-16-4-3-10-23-13-16/h3-4,10,13,17-19,27H,1-2,5-9,11-12,14-15H2,(H,24,29)(H,25,28)/t17?,18-,19?,22-/m0/s1. The number of rotatable bonds is 5. The van der Waals surface area contributed by atoms with Gasteiger partial charge in [-0.1, -0.05) is 6.07 Å². The summed E-state index contributed by atoms with van der Waals surface area (Å²) >= 11 is 0. The lowest BCUT2D eigenvalue weighted by atomic mass is 9.84. The van der Waals surface area contributed by atoms with Gasteiger partial charge in [-0.3, -0.25) is 19.5 Å². The summed E-state index contributed by atoms with van der Waals surface area (Å²) in [5.41, 5.74) is 0.475. The van der Waals surface area contributed by atoms with Crippen LogP contribution in [0.25, 0.3) is 0 Å². The highest BCUT2D eigenvalue weighted by Crippen LogP contribution is 2.38. The molecule has 7 nitrogen and oxygen atoms in total. The number of hydrogen-bond acceptors (Lipinski definition) is 5. The quantitative estimate of drug-likeness (QED) is 0.694. The summed E-state index contributed by atoms with van der Waals surface area (Å²) in [4.78, 5) is 32.4. The maximum atomic E-state index is 13.2. The van der Waals surface area contributed by atoms with Crippen LogP contribution in [-0.2, 0) is 16.1 Å². The lowest BCUT2D eigenvalue weighted by Gasteiger charge is -2.40. The topological polar surface area (TPSA) is 94.6 Å². The predicted octanol–water partition coefficient (Wildman–Crippen LogP) is 1.36. The molecule has 29 heavy (non-hydrogen) atoms. The molecule has 7 heteroatoms. The van der Waals surface area contributed by atoms with Crippen molar-refractivity contribution in [3.8, 4) is 0 Å². The van der Waals surface area contributed by atoms with Crippen molar-refractivity contribution in [2.24, 2.45) is 5.92 Å². The Morgan fingerprint density at radius 1 is 1.24 bits per heavy atom. The number of nitrogens with one attached hydrogen (secondary N) is 2. The molecule has 4 rings (SSSR count). The van der Waals surface area contributed by atoms with Crippen LogP contribution in [0.3, 0.4) is 0 Å². The van der Waals surface area contributed by atoms with Crippen LogP contribution in [0.5, 0.6) is 0 Å². The van der Waals surface area contributed by atoms with Gasteiger partial charge < -0.3 is 15.7 Å². The van der Waals surface area contributed by atoms with Crippen LogP contribution in [0.2, 0.25) is 0 Å². The van der Waals surface area contributed by atoms with Crippen molar-refractivity contribution in [3.05, 3.63) is 30.1 Å². The Kier molecular flexibility index (Phi) is 6.15. The van der Waals surface area contributed by atoms with Gasteiger partial charge in [0.05, 0.1) is 6.10 Å². The van der Waals surface area contributed by atoms with Crippen LogP contribution in [0.1, 0.15) is 56.9 Å². The van der Waals surface area contributed by atoms with Gasteiger partial charge in [-0.25, -0.2) is 0 Å². The summed E-state index contributed by atoms with van der Waals surface area (Å²) < 4.78 is 0. The molecule has 2 atom stereocenters. The molecule has 3 aliphatic rings. The van der Waals surface area contributed by atoms with Gasteiger partial charge in [0.2, 0.25) is 11.8 Å². The van der Waals surface area contributed by atoms with E-state index in [4.69, 9.17) is 0 Å². The molecule has 0 bridgehead atoms. The van der Waals surface area contributed by atoms with Gasteiger partial charge >= 0.3 is 0 Å². The van der Waals surface area contributed by atoms with Crippen molar-refractivity contribution in [2.75, 3.05) is 13.1 Å². The second-order valence-electron chi connectivity index (χ2n) is 8.89. The fourth-order valence-corrected chi connectivity index (χ4v) is 5.28. The minimum atomic E-state index is -0.513. The first-order chi connectivity index (χ1) is 14.1. The van der Waals surface area contributed by atoms with Gasteiger partial charge in [-0.2, -0.15) is 0 Å². The molecule has 0 aromatic carbocycles.